The van der Waals surface area contributed by atoms with E-state index in [1.807, 2.05) is 69.0 Å². The van der Waals surface area contributed by atoms with E-state index in [4.69, 9.17) is 4.98 Å². The van der Waals surface area contributed by atoms with Crippen molar-refractivity contribution in [2.75, 3.05) is 19.4 Å². The summed E-state index contributed by atoms with van der Waals surface area (Å²) in [4.78, 5) is 15.4. The molecule has 6 nitrogen and oxygen atoms in total. The smallest absolute Gasteiger partial charge is 0.223 e. The zero-order valence-electron chi connectivity index (χ0n) is 20.7. The highest BCUT2D eigenvalue weighted by Gasteiger charge is 2.36. The molecule has 1 saturated carbocycles. The third kappa shape index (κ3) is 6.67. The molecule has 0 saturated heterocycles. The van der Waals surface area contributed by atoms with E-state index in [0.717, 1.165) is 41.1 Å². The molecule has 6 heteroatoms. The molecule has 2 heterocycles. The van der Waals surface area contributed by atoms with Gasteiger partial charge < -0.3 is 14.8 Å². The maximum Gasteiger partial charge on any atom is 0.223 e. The number of hydrogen-bond donors (Lipinski definition) is 1. The number of anilines is 1. The minimum Gasteiger partial charge on any atom is -0.384 e. The average molecular weight is 435 g/mol. The summed E-state index contributed by atoms with van der Waals surface area (Å²) in [6.45, 7) is 18.1. The van der Waals surface area contributed by atoms with E-state index in [1.54, 1.807) is 12.4 Å². The van der Waals surface area contributed by atoms with E-state index in [-0.39, 0.29) is 0 Å². The van der Waals surface area contributed by atoms with E-state index in [1.165, 1.54) is 0 Å². The van der Waals surface area contributed by atoms with Gasteiger partial charge in [0.1, 0.15) is 5.82 Å². The first-order chi connectivity index (χ1) is 15.1. The minimum absolute atomic E-state index is 0.430. The molecule has 172 valence electrons. The zero-order valence-corrected chi connectivity index (χ0v) is 20.7. The molecule has 0 radical (unpaired) electrons. The third-order valence-corrected chi connectivity index (χ3v) is 5.53. The number of aryl methyl sites for hydroxylation is 2. The van der Waals surface area contributed by atoms with Gasteiger partial charge in [-0.05, 0) is 56.4 Å². The number of nitrogens with zero attached hydrogens (tertiary/aromatic N) is 5. The second-order valence-corrected chi connectivity index (χ2v) is 9.13. The normalized spacial score (nSPS) is 15.8. The van der Waals surface area contributed by atoms with E-state index in [9.17, 15) is 0 Å². The van der Waals surface area contributed by atoms with Gasteiger partial charge in [0.25, 0.3) is 0 Å². The zero-order chi connectivity index (χ0) is 23.9. The van der Waals surface area contributed by atoms with Gasteiger partial charge in [-0.1, -0.05) is 39.2 Å². The number of allylic oxidation sites excluding steroid dienone is 4. The fourth-order valence-corrected chi connectivity index (χ4v) is 3.74. The van der Waals surface area contributed by atoms with Gasteiger partial charge in [-0.3, -0.25) is 0 Å². The van der Waals surface area contributed by atoms with E-state index >= 15 is 0 Å². The van der Waals surface area contributed by atoms with Crippen LogP contribution in [0.2, 0.25) is 0 Å². The summed E-state index contributed by atoms with van der Waals surface area (Å²) in [5.74, 6) is 1.64. The van der Waals surface area contributed by atoms with Gasteiger partial charge in [-0.25, -0.2) is 15.0 Å². The molecule has 2 aromatic heterocycles. The molecule has 1 aliphatic carbocycles. The Bertz CT molecular complexity index is 985. The topological polar surface area (TPSA) is 58.9 Å². The molecule has 2 aromatic rings. The van der Waals surface area contributed by atoms with Crippen LogP contribution in [-0.4, -0.2) is 44.6 Å². The van der Waals surface area contributed by atoms with Crippen molar-refractivity contribution in [1.29, 1.82) is 0 Å². The molecule has 0 bridgehead atoms. The summed E-state index contributed by atoms with van der Waals surface area (Å²) < 4.78 is 1.99. The summed E-state index contributed by atoms with van der Waals surface area (Å²) in [6, 6.07) is 0.472. The molecule has 1 N–H and O–H groups in total. The Morgan fingerprint density at radius 3 is 2.31 bits per heavy atom. The van der Waals surface area contributed by atoms with Crippen LogP contribution in [0.4, 0.5) is 5.95 Å². The van der Waals surface area contributed by atoms with Gasteiger partial charge >= 0.3 is 0 Å². The second kappa shape index (κ2) is 10.9. The molecule has 0 aromatic carbocycles. The van der Waals surface area contributed by atoms with Crippen molar-refractivity contribution in [2.45, 2.75) is 53.5 Å². The van der Waals surface area contributed by atoms with Crippen molar-refractivity contribution < 1.29 is 0 Å². The van der Waals surface area contributed by atoms with Crippen molar-refractivity contribution in [3.8, 4) is 0 Å². The molecule has 32 heavy (non-hydrogen) atoms. The average Bonchev–Trinajstić information content (AvgIpc) is 3.12. The van der Waals surface area contributed by atoms with Gasteiger partial charge in [0.05, 0.1) is 5.69 Å². The third-order valence-electron chi connectivity index (χ3n) is 5.53. The lowest BCUT2D eigenvalue weighted by Gasteiger charge is -2.42. The first-order valence-electron chi connectivity index (χ1n) is 11.0. The largest absolute Gasteiger partial charge is 0.384 e. The van der Waals surface area contributed by atoms with Gasteiger partial charge in [0.15, 0.2) is 0 Å². The Morgan fingerprint density at radius 2 is 1.88 bits per heavy atom. The summed E-state index contributed by atoms with van der Waals surface area (Å²) in [6.07, 6.45) is 15.7. The number of hydrogen-bond acceptors (Lipinski definition) is 5. The fraction of sp³-hybridized carbons (Fsp3) is 0.423. The molecular weight excluding hydrogens is 396 g/mol. The number of rotatable bonds is 7. The predicted molar refractivity (Wildman–Crippen MR) is 136 cm³/mol. The molecule has 0 unspecified atom stereocenters. The van der Waals surface area contributed by atoms with Gasteiger partial charge in [0.2, 0.25) is 5.95 Å². The SMILES string of the molecule is C=CC(=C\n1ccnc1C)/C(=C/C)c1cnc(NC2CC(C)(C)C2)nc1C.C=CN(C)C. The number of aromatic nitrogens is 4. The van der Waals surface area contributed by atoms with E-state index in [0.29, 0.717) is 17.4 Å². The van der Waals surface area contributed by atoms with Crippen LogP contribution in [0.5, 0.6) is 0 Å². The lowest BCUT2D eigenvalue weighted by molar-refractivity contribution is 0.167. The van der Waals surface area contributed by atoms with Crippen molar-refractivity contribution in [3.05, 3.63) is 72.8 Å². The molecule has 0 aliphatic heterocycles. The highest BCUT2D eigenvalue weighted by molar-refractivity contribution is 5.85. The predicted octanol–water partition coefficient (Wildman–Crippen LogP) is 5.71. The van der Waals surface area contributed by atoms with E-state index < -0.39 is 0 Å². The quantitative estimate of drug-likeness (QED) is 0.566. The molecule has 1 aliphatic rings. The second-order valence-electron chi connectivity index (χ2n) is 9.13. The highest BCUT2D eigenvalue weighted by atomic mass is 15.1. The summed E-state index contributed by atoms with van der Waals surface area (Å²) in [5, 5.41) is 3.46. The highest BCUT2D eigenvalue weighted by Crippen LogP contribution is 2.41. The Kier molecular flexibility index (Phi) is 8.58. The Balaban J connectivity index is 0.000000654. The van der Waals surface area contributed by atoms with Gasteiger partial charge in [0, 0.05) is 50.5 Å². The molecule has 3 rings (SSSR count). The maximum atomic E-state index is 4.70. The van der Waals surface area contributed by atoms with Crippen LogP contribution < -0.4 is 5.32 Å². The van der Waals surface area contributed by atoms with Gasteiger partial charge in [-0.2, -0.15) is 0 Å². The fourth-order valence-electron chi connectivity index (χ4n) is 3.74. The molecule has 0 atom stereocenters. The van der Waals surface area contributed by atoms with Crippen LogP contribution >= 0.6 is 0 Å². The van der Waals surface area contributed by atoms with Crippen molar-refractivity contribution >= 4 is 17.7 Å². The van der Waals surface area contributed by atoms with Crippen LogP contribution in [0.25, 0.3) is 11.8 Å². The summed E-state index contributed by atoms with van der Waals surface area (Å²) in [5.41, 5.74) is 4.47. The summed E-state index contributed by atoms with van der Waals surface area (Å²) in [7, 11) is 3.88. The van der Waals surface area contributed by atoms with Crippen LogP contribution in [0.15, 0.2) is 55.7 Å². The molecule has 0 amide bonds. The first-order valence-corrected chi connectivity index (χ1v) is 11.0. The first kappa shape index (κ1) is 25.1. The lowest BCUT2D eigenvalue weighted by Crippen LogP contribution is -2.41. The van der Waals surface area contributed by atoms with Gasteiger partial charge in [-0.15, -0.1) is 0 Å². The lowest BCUT2D eigenvalue weighted by atomic mass is 9.68. The number of nitrogens with one attached hydrogen (secondary N) is 1. The molecule has 1 fully saturated rings. The van der Waals surface area contributed by atoms with Crippen LogP contribution in [0.1, 0.15) is 50.7 Å². The van der Waals surface area contributed by atoms with Crippen molar-refractivity contribution in [2.24, 2.45) is 5.41 Å². The van der Waals surface area contributed by atoms with Crippen LogP contribution in [0, 0.1) is 19.3 Å². The van der Waals surface area contributed by atoms with E-state index in [2.05, 4.69) is 48.4 Å². The maximum absolute atomic E-state index is 4.70. The van der Waals surface area contributed by atoms with Crippen LogP contribution in [0.3, 0.4) is 0 Å². The monoisotopic (exact) mass is 434 g/mol. The molecular formula is C26H38N6. The van der Waals surface area contributed by atoms with Crippen molar-refractivity contribution in [1.82, 2.24) is 24.4 Å². The minimum atomic E-state index is 0.430. The summed E-state index contributed by atoms with van der Waals surface area (Å²) >= 11 is 0. The Hall–Kier alpha value is -3.15. The standard InChI is InChI=1S/C22H29N5.C4H9N/c1-7-17(14-27-10-9-23-16(27)4)19(8-2)20-13-24-21(25-15(20)3)26-18-11-22(5,6)12-18;1-4-5(2)3/h7-10,13-14,18H,1,11-12H2,2-6H3,(H,24,25,26);4H,1H2,2-3H3/b17-14+,19-8-;. The number of imidazole rings is 1. The Labute approximate surface area is 193 Å². The Morgan fingerprint density at radius 1 is 1.22 bits per heavy atom. The van der Waals surface area contributed by atoms with Crippen molar-refractivity contribution in [3.63, 3.8) is 0 Å². The van der Waals surface area contributed by atoms with Crippen LogP contribution in [-0.2, 0) is 0 Å². The molecule has 0 spiro atoms.